The third kappa shape index (κ3) is 3.35. The van der Waals surface area contributed by atoms with E-state index in [1.165, 1.54) is 0 Å². The number of benzene rings is 1. The number of ether oxygens (including phenoxy) is 3. The van der Waals surface area contributed by atoms with Gasteiger partial charge in [-0.05, 0) is 18.6 Å². The van der Waals surface area contributed by atoms with Crippen molar-refractivity contribution in [1.29, 1.82) is 0 Å². The molecule has 1 aliphatic rings. The Hall–Kier alpha value is -1.26. The van der Waals surface area contributed by atoms with Gasteiger partial charge >= 0.3 is 0 Å². The maximum atomic E-state index is 6.06. The first-order valence-corrected chi connectivity index (χ1v) is 5.90. The lowest BCUT2D eigenvalue weighted by molar-refractivity contribution is 0.170. The summed E-state index contributed by atoms with van der Waals surface area (Å²) < 4.78 is 16.1. The summed E-state index contributed by atoms with van der Waals surface area (Å²) in [6.07, 6.45) is 1.03. The molecule has 1 heterocycles. The fraction of sp³-hybridized carbons (Fsp3) is 0.538. The Kier molecular flexibility index (Phi) is 4.23. The van der Waals surface area contributed by atoms with Crippen LogP contribution in [-0.4, -0.2) is 33.0 Å². The molecular formula is C13H19NO3. The zero-order valence-electron chi connectivity index (χ0n) is 10.1. The Morgan fingerprint density at radius 3 is 3.00 bits per heavy atom. The highest BCUT2D eigenvalue weighted by Crippen LogP contribution is 2.20. The molecule has 94 valence electrons. The zero-order valence-corrected chi connectivity index (χ0v) is 10.1. The number of methoxy groups -OCH3 is 1. The van der Waals surface area contributed by atoms with E-state index in [1.54, 1.807) is 7.11 Å². The summed E-state index contributed by atoms with van der Waals surface area (Å²) in [5.74, 6) is 2.00. The van der Waals surface area contributed by atoms with Gasteiger partial charge in [0.05, 0.1) is 13.7 Å². The van der Waals surface area contributed by atoms with Crippen LogP contribution in [0.15, 0.2) is 24.3 Å². The van der Waals surface area contributed by atoms with Gasteiger partial charge in [-0.25, -0.2) is 0 Å². The van der Waals surface area contributed by atoms with Crippen LogP contribution in [0.1, 0.15) is 6.42 Å². The lowest BCUT2D eigenvalue weighted by atomic mass is 10.0. The van der Waals surface area contributed by atoms with Crippen molar-refractivity contribution < 1.29 is 14.2 Å². The number of nitrogens with two attached hydrogens (primary N) is 1. The molecule has 0 bridgehead atoms. The molecule has 0 spiro atoms. The molecule has 2 unspecified atom stereocenters. The molecule has 4 heteroatoms. The summed E-state index contributed by atoms with van der Waals surface area (Å²) >= 11 is 0. The maximum Gasteiger partial charge on any atom is 0.123 e. The van der Waals surface area contributed by atoms with Crippen LogP contribution in [0.3, 0.4) is 0 Å². The lowest BCUT2D eigenvalue weighted by Crippen LogP contribution is -2.36. The predicted molar refractivity (Wildman–Crippen MR) is 65.4 cm³/mol. The first-order chi connectivity index (χ1) is 8.29. The van der Waals surface area contributed by atoms with E-state index >= 15 is 0 Å². The largest absolute Gasteiger partial charge is 0.497 e. The lowest BCUT2D eigenvalue weighted by Gasteiger charge is -2.18. The molecule has 1 aromatic carbocycles. The molecule has 4 nitrogen and oxygen atoms in total. The summed E-state index contributed by atoms with van der Waals surface area (Å²) in [6.45, 7) is 2.08. The van der Waals surface area contributed by atoms with Crippen molar-refractivity contribution in [3.8, 4) is 11.5 Å². The molecule has 2 rings (SSSR count). The highest BCUT2D eigenvalue weighted by atomic mass is 16.5. The summed E-state index contributed by atoms with van der Waals surface area (Å²) in [5.41, 5.74) is 6.06. The molecule has 2 atom stereocenters. The fourth-order valence-corrected chi connectivity index (χ4v) is 1.91. The number of rotatable bonds is 5. The summed E-state index contributed by atoms with van der Waals surface area (Å²) in [6, 6.07) is 7.58. The van der Waals surface area contributed by atoms with Gasteiger partial charge in [0.25, 0.3) is 0 Å². The molecule has 0 aromatic heterocycles. The van der Waals surface area contributed by atoms with Crippen LogP contribution in [0.4, 0.5) is 0 Å². The van der Waals surface area contributed by atoms with Gasteiger partial charge < -0.3 is 19.9 Å². The van der Waals surface area contributed by atoms with E-state index in [4.69, 9.17) is 19.9 Å². The minimum Gasteiger partial charge on any atom is -0.497 e. The second-order valence-electron chi connectivity index (χ2n) is 4.28. The third-order valence-electron chi connectivity index (χ3n) is 3.05. The van der Waals surface area contributed by atoms with E-state index in [1.807, 2.05) is 24.3 Å². The average molecular weight is 237 g/mol. The molecule has 17 heavy (non-hydrogen) atoms. The van der Waals surface area contributed by atoms with Crippen LogP contribution < -0.4 is 15.2 Å². The first kappa shape index (κ1) is 12.2. The molecule has 0 amide bonds. The van der Waals surface area contributed by atoms with Crippen LogP contribution in [0, 0.1) is 5.92 Å². The minimum atomic E-state index is 0.0312. The Labute approximate surface area is 102 Å². The van der Waals surface area contributed by atoms with E-state index in [0.29, 0.717) is 12.5 Å². The zero-order chi connectivity index (χ0) is 12.1. The van der Waals surface area contributed by atoms with E-state index in [-0.39, 0.29) is 6.04 Å². The van der Waals surface area contributed by atoms with Crippen molar-refractivity contribution in [2.24, 2.45) is 11.7 Å². The van der Waals surface area contributed by atoms with E-state index in [9.17, 15) is 0 Å². The van der Waals surface area contributed by atoms with Gasteiger partial charge in [-0.1, -0.05) is 6.07 Å². The van der Waals surface area contributed by atoms with Crippen LogP contribution in [0.25, 0.3) is 0 Å². The number of hydrogen-bond donors (Lipinski definition) is 1. The summed E-state index contributed by atoms with van der Waals surface area (Å²) in [5, 5.41) is 0. The highest BCUT2D eigenvalue weighted by molar-refractivity contribution is 5.32. The van der Waals surface area contributed by atoms with Gasteiger partial charge in [-0.15, -0.1) is 0 Å². The predicted octanol–water partition coefficient (Wildman–Crippen LogP) is 1.44. The van der Waals surface area contributed by atoms with Crippen LogP contribution in [-0.2, 0) is 4.74 Å². The average Bonchev–Trinajstić information content (AvgIpc) is 2.90. The molecule has 0 aliphatic carbocycles. The molecule has 2 N–H and O–H groups in total. The second-order valence-corrected chi connectivity index (χ2v) is 4.28. The van der Waals surface area contributed by atoms with Crippen molar-refractivity contribution in [2.75, 3.05) is 26.9 Å². The van der Waals surface area contributed by atoms with Crippen molar-refractivity contribution in [1.82, 2.24) is 0 Å². The normalized spacial score (nSPS) is 21.2. The Morgan fingerprint density at radius 2 is 2.29 bits per heavy atom. The van der Waals surface area contributed by atoms with Gasteiger partial charge in [0.15, 0.2) is 0 Å². The smallest absolute Gasteiger partial charge is 0.123 e. The Balaban J connectivity index is 1.83. The molecule has 1 aromatic rings. The monoisotopic (exact) mass is 237 g/mol. The topological polar surface area (TPSA) is 53.7 Å². The quantitative estimate of drug-likeness (QED) is 0.842. The van der Waals surface area contributed by atoms with Gasteiger partial charge in [0.2, 0.25) is 0 Å². The maximum absolute atomic E-state index is 6.06. The van der Waals surface area contributed by atoms with E-state index < -0.39 is 0 Å². The van der Waals surface area contributed by atoms with Crippen molar-refractivity contribution in [2.45, 2.75) is 12.5 Å². The van der Waals surface area contributed by atoms with Gasteiger partial charge in [0.1, 0.15) is 18.1 Å². The van der Waals surface area contributed by atoms with Crippen LogP contribution >= 0.6 is 0 Å². The van der Waals surface area contributed by atoms with Crippen LogP contribution in [0.2, 0.25) is 0 Å². The summed E-state index contributed by atoms with van der Waals surface area (Å²) in [4.78, 5) is 0. The van der Waals surface area contributed by atoms with Crippen molar-refractivity contribution in [3.05, 3.63) is 24.3 Å². The van der Waals surface area contributed by atoms with Crippen molar-refractivity contribution in [3.63, 3.8) is 0 Å². The van der Waals surface area contributed by atoms with Crippen molar-refractivity contribution >= 4 is 0 Å². The molecule has 1 aliphatic heterocycles. The van der Waals surface area contributed by atoms with Gasteiger partial charge in [-0.3, -0.25) is 0 Å². The summed E-state index contributed by atoms with van der Waals surface area (Å²) in [7, 11) is 1.64. The highest BCUT2D eigenvalue weighted by Gasteiger charge is 2.23. The van der Waals surface area contributed by atoms with Gasteiger partial charge in [-0.2, -0.15) is 0 Å². The Bertz CT molecular complexity index is 350. The minimum absolute atomic E-state index is 0.0312. The third-order valence-corrected chi connectivity index (χ3v) is 3.05. The number of hydrogen-bond acceptors (Lipinski definition) is 4. The van der Waals surface area contributed by atoms with E-state index in [0.717, 1.165) is 31.1 Å². The molecular weight excluding hydrogens is 218 g/mol. The van der Waals surface area contributed by atoms with Crippen LogP contribution in [0.5, 0.6) is 11.5 Å². The molecule has 0 saturated carbocycles. The molecule has 0 radical (unpaired) electrons. The van der Waals surface area contributed by atoms with Gasteiger partial charge in [0, 0.05) is 24.6 Å². The Morgan fingerprint density at radius 1 is 1.47 bits per heavy atom. The fourth-order valence-electron chi connectivity index (χ4n) is 1.91. The molecule has 1 fully saturated rings. The SMILES string of the molecule is COc1cccc(OCC(N)C2CCOC2)c1. The standard InChI is InChI=1S/C13H19NO3/c1-15-11-3-2-4-12(7-11)17-9-13(14)10-5-6-16-8-10/h2-4,7,10,13H,5-6,8-9,14H2,1H3. The van der Waals surface area contributed by atoms with E-state index in [2.05, 4.69) is 0 Å². The first-order valence-electron chi connectivity index (χ1n) is 5.90. The second kappa shape index (κ2) is 5.89. The molecule has 1 saturated heterocycles.